The summed E-state index contributed by atoms with van der Waals surface area (Å²) in [5.74, 6) is 0.100. The highest BCUT2D eigenvalue weighted by Crippen LogP contribution is 2.33. The highest BCUT2D eigenvalue weighted by atomic mass is 35.5. The predicted molar refractivity (Wildman–Crippen MR) is 123 cm³/mol. The van der Waals surface area contributed by atoms with Gasteiger partial charge in [0, 0.05) is 22.6 Å². The second kappa shape index (κ2) is 8.91. The molecule has 3 heterocycles. The van der Waals surface area contributed by atoms with Gasteiger partial charge in [-0.3, -0.25) is 9.59 Å². The molecule has 0 saturated heterocycles. The van der Waals surface area contributed by atoms with Gasteiger partial charge in [0.05, 0.1) is 12.0 Å². The molecule has 0 radical (unpaired) electrons. The molecule has 2 aromatic carbocycles. The summed E-state index contributed by atoms with van der Waals surface area (Å²) < 4.78 is 5.57. The molecule has 34 heavy (non-hydrogen) atoms. The Morgan fingerprint density at radius 2 is 1.79 bits per heavy atom. The van der Waals surface area contributed by atoms with Crippen molar-refractivity contribution in [2.24, 2.45) is 10.8 Å². The van der Waals surface area contributed by atoms with E-state index in [2.05, 4.69) is 20.5 Å². The molecule has 1 unspecified atom stereocenters. The molecule has 170 valence electrons. The molecule has 2 amide bonds. The maximum atomic E-state index is 13.2. The molecule has 0 fully saturated rings. The average Bonchev–Trinajstić information content (AvgIpc) is 3.60. The van der Waals surface area contributed by atoms with Crippen LogP contribution in [0.2, 0.25) is 5.02 Å². The molecule has 0 aliphatic carbocycles. The van der Waals surface area contributed by atoms with E-state index in [1.54, 1.807) is 48.7 Å². The Kier molecular flexibility index (Phi) is 5.64. The quantitative estimate of drug-likeness (QED) is 0.455. The topological polar surface area (TPSA) is 132 Å². The molecular weight excluding hydrogens is 458 g/mol. The molecule has 1 atom stereocenters. The fraction of sp³-hybridized carbons (Fsp3) is 0.130. The number of amides is 2. The van der Waals surface area contributed by atoms with E-state index < -0.39 is 11.9 Å². The van der Waals surface area contributed by atoms with Gasteiger partial charge < -0.3 is 10.2 Å². The summed E-state index contributed by atoms with van der Waals surface area (Å²) in [5.41, 5.74) is 7.90. The lowest BCUT2D eigenvalue weighted by molar-refractivity contribution is -0.134. The molecule has 0 saturated carbocycles. The summed E-state index contributed by atoms with van der Waals surface area (Å²) in [6.45, 7) is -0.166. The van der Waals surface area contributed by atoms with Gasteiger partial charge in [-0.15, -0.1) is 10.2 Å². The van der Waals surface area contributed by atoms with Crippen LogP contribution in [0.4, 0.5) is 0 Å². The summed E-state index contributed by atoms with van der Waals surface area (Å²) in [5, 5.41) is 18.9. The number of tetrazole rings is 1. The van der Waals surface area contributed by atoms with Crippen molar-refractivity contribution in [3.8, 4) is 11.4 Å². The van der Waals surface area contributed by atoms with Crippen LogP contribution in [0.3, 0.4) is 0 Å². The van der Waals surface area contributed by atoms with Crippen LogP contribution in [0.15, 0.2) is 76.4 Å². The van der Waals surface area contributed by atoms with Gasteiger partial charge in [0.25, 0.3) is 5.91 Å². The van der Waals surface area contributed by atoms with E-state index in [4.69, 9.17) is 21.8 Å². The van der Waals surface area contributed by atoms with E-state index in [9.17, 15) is 9.59 Å². The average molecular weight is 476 g/mol. The van der Waals surface area contributed by atoms with Crippen LogP contribution in [0.1, 0.15) is 34.1 Å². The highest BCUT2D eigenvalue weighted by molar-refractivity contribution is 6.30. The van der Waals surface area contributed by atoms with Gasteiger partial charge in [-0.25, -0.2) is 5.01 Å². The molecular formula is C23H18ClN7O3. The number of hydrazone groups is 1. The molecule has 11 heteroatoms. The third-order valence-electron chi connectivity index (χ3n) is 5.37. The van der Waals surface area contributed by atoms with E-state index in [0.717, 1.165) is 11.3 Å². The number of carbonyl (C=O) groups is 2. The number of primary amides is 1. The van der Waals surface area contributed by atoms with Crippen molar-refractivity contribution in [1.29, 1.82) is 0 Å². The number of furan rings is 1. The van der Waals surface area contributed by atoms with Gasteiger partial charge in [-0.1, -0.05) is 35.9 Å². The number of nitrogens with two attached hydrogens (primary N) is 1. The second-order valence-corrected chi connectivity index (χ2v) is 8.05. The number of nitrogens with zero attached hydrogens (tertiary/aromatic N) is 6. The van der Waals surface area contributed by atoms with Crippen molar-refractivity contribution in [2.45, 2.75) is 19.0 Å². The minimum Gasteiger partial charge on any atom is -0.467 e. The summed E-state index contributed by atoms with van der Waals surface area (Å²) in [6.07, 6.45) is 2.05. The lowest BCUT2D eigenvalue weighted by Gasteiger charge is -2.19. The fourth-order valence-electron chi connectivity index (χ4n) is 3.66. The van der Waals surface area contributed by atoms with Crippen LogP contribution in [-0.2, 0) is 11.3 Å². The molecule has 2 aromatic heterocycles. The first-order valence-corrected chi connectivity index (χ1v) is 10.7. The van der Waals surface area contributed by atoms with E-state index >= 15 is 0 Å². The van der Waals surface area contributed by atoms with Crippen molar-refractivity contribution in [3.63, 3.8) is 0 Å². The van der Waals surface area contributed by atoms with Gasteiger partial charge in [0.1, 0.15) is 18.3 Å². The van der Waals surface area contributed by atoms with Crippen LogP contribution in [-0.4, -0.2) is 42.7 Å². The molecule has 5 rings (SSSR count). The van der Waals surface area contributed by atoms with Crippen molar-refractivity contribution in [2.75, 3.05) is 0 Å². The van der Waals surface area contributed by atoms with E-state index in [0.29, 0.717) is 34.2 Å². The van der Waals surface area contributed by atoms with E-state index in [-0.39, 0.29) is 12.5 Å². The Bertz CT molecular complexity index is 1360. The smallest absolute Gasteiger partial charge is 0.267 e. The summed E-state index contributed by atoms with van der Waals surface area (Å²) in [6, 6.07) is 17.0. The van der Waals surface area contributed by atoms with Crippen LogP contribution in [0, 0.1) is 0 Å². The largest absolute Gasteiger partial charge is 0.467 e. The molecule has 10 nitrogen and oxygen atoms in total. The van der Waals surface area contributed by atoms with Crippen LogP contribution in [0.25, 0.3) is 11.4 Å². The number of aromatic nitrogens is 4. The predicted octanol–water partition coefficient (Wildman–Crippen LogP) is 3.06. The number of halogens is 1. The maximum Gasteiger partial charge on any atom is 0.267 e. The monoisotopic (exact) mass is 475 g/mol. The summed E-state index contributed by atoms with van der Waals surface area (Å²) in [4.78, 5) is 25.6. The highest BCUT2D eigenvalue weighted by Gasteiger charge is 2.35. The zero-order chi connectivity index (χ0) is 23.7. The molecule has 1 aliphatic rings. The summed E-state index contributed by atoms with van der Waals surface area (Å²) >= 11 is 6.00. The molecule has 1 aliphatic heterocycles. The maximum absolute atomic E-state index is 13.2. The van der Waals surface area contributed by atoms with Gasteiger partial charge in [-0.2, -0.15) is 9.90 Å². The number of rotatable bonds is 6. The van der Waals surface area contributed by atoms with E-state index in [1.807, 2.05) is 18.2 Å². The Morgan fingerprint density at radius 3 is 2.47 bits per heavy atom. The Balaban J connectivity index is 1.37. The van der Waals surface area contributed by atoms with Crippen molar-refractivity contribution < 1.29 is 14.0 Å². The van der Waals surface area contributed by atoms with E-state index in [1.165, 1.54) is 9.81 Å². The molecule has 2 N–H and O–H groups in total. The minimum atomic E-state index is -0.524. The zero-order valence-electron chi connectivity index (χ0n) is 17.7. The Hall–Kier alpha value is -4.31. The molecule has 0 spiro atoms. The number of hydrogen-bond acceptors (Lipinski definition) is 7. The van der Waals surface area contributed by atoms with Crippen molar-refractivity contribution >= 4 is 29.1 Å². The lowest BCUT2D eigenvalue weighted by atomic mass is 10.0. The minimum absolute atomic E-state index is 0.166. The standard InChI is InChI=1S/C23H18ClN7O3/c24-17-9-7-14(8-10-17)18-12-19(20-2-1-11-34-20)31(27-18)21(32)13-30-28-23(26-29-30)16-5-3-15(4-6-16)22(25)33/h1-11,19H,12-13H2,(H2,25,33). The first-order valence-electron chi connectivity index (χ1n) is 10.3. The third-order valence-corrected chi connectivity index (χ3v) is 5.62. The second-order valence-electron chi connectivity index (χ2n) is 7.61. The van der Waals surface area contributed by atoms with Gasteiger partial charge in [-0.05, 0) is 47.2 Å². The normalized spacial score (nSPS) is 15.4. The lowest BCUT2D eigenvalue weighted by Crippen LogP contribution is -2.31. The first-order chi connectivity index (χ1) is 16.5. The van der Waals surface area contributed by atoms with Gasteiger partial charge >= 0.3 is 0 Å². The number of carbonyl (C=O) groups excluding carboxylic acids is 2. The number of hydrogen-bond donors (Lipinski definition) is 1. The molecule has 0 bridgehead atoms. The van der Waals surface area contributed by atoms with Crippen LogP contribution in [0.5, 0.6) is 0 Å². The first kappa shape index (κ1) is 21.5. The van der Waals surface area contributed by atoms with Crippen LogP contribution < -0.4 is 5.73 Å². The van der Waals surface area contributed by atoms with Crippen molar-refractivity contribution in [1.82, 2.24) is 25.2 Å². The summed E-state index contributed by atoms with van der Waals surface area (Å²) in [7, 11) is 0. The van der Waals surface area contributed by atoms with Gasteiger partial charge in [0.15, 0.2) is 0 Å². The number of benzene rings is 2. The fourth-order valence-corrected chi connectivity index (χ4v) is 3.79. The van der Waals surface area contributed by atoms with Crippen molar-refractivity contribution in [3.05, 3.63) is 88.8 Å². The molecule has 4 aromatic rings. The third kappa shape index (κ3) is 4.30. The SMILES string of the molecule is NC(=O)c1ccc(-c2nnn(CC(=O)N3N=C(c4ccc(Cl)cc4)CC3c3ccco3)n2)cc1. The zero-order valence-corrected chi connectivity index (χ0v) is 18.5. The van der Waals surface area contributed by atoms with Crippen LogP contribution >= 0.6 is 11.6 Å². The Labute approximate surface area is 198 Å². The Morgan fingerprint density at radius 1 is 1.06 bits per heavy atom. The van der Waals surface area contributed by atoms with Gasteiger partial charge in [0.2, 0.25) is 11.7 Å².